The van der Waals surface area contributed by atoms with E-state index in [4.69, 9.17) is 0 Å². The van der Waals surface area contributed by atoms with Gasteiger partial charge in [0.2, 0.25) is 0 Å². The van der Waals surface area contributed by atoms with Crippen LogP contribution in [0.1, 0.15) is 59.0 Å². The highest BCUT2D eigenvalue weighted by molar-refractivity contribution is 7.14. The van der Waals surface area contributed by atoms with Crippen LogP contribution in [0.5, 0.6) is 0 Å². The van der Waals surface area contributed by atoms with Gasteiger partial charge in [0.25, 0.3) is 11.5 Å². The maximum atomic E-state index is 12.5. The minimum Gasteiger partial charge on any atom is -0.480 e. The Labute approximate surface area is 171 Å². The van der Waals surface area contributed by atoms with Crippen LogP contribution in [0.3, 0.4) is 0 Å². The number of rotatable bonds is 7. The molecule has 1 amide bonds. The average Bonchev–Trinajstić information content (AvgIpc) is 3.27. The number of aryl methyl sites for hydroxylation is 1. The van der Waals surface area contributed by atoms with Crippen LogP contribution in [0, 0.1) is 12.8 Å². The zero-order chi connectivity index (χ0) is 21.3. The first-order chi connectivity index (χ1) is 13.7. The molecule has 0 aromatic carbocycles. The van der Waals surface area contributed by atoms with E-state index in [0.29, 0.717) is 28.2 Å². The highest BCUT2D eigenvalue weighted by Crippen LogP contribution is 2.32. The molecule has 0 saturated carbocycles. The molecule has 0 bridgehead atoms. The summed E-state index contributed by atoms with van der Waals surface area (Å²) >= 11 is 1.29. The number of fused-ring (bicyclic) bond motifs is 1. The second kappa shape index (κ2) is 8.20. The summed E-state index contributed by atoms with van der Waals surface area (Å²) < 4.78 is 0. The minimum absolute atomic E-state index is 0.133. The molecule has 0 aliphatic carbocycles. The first-order valence-corrected chi connectivity index (χ1v) is 10.2. The predicted octanol–water partition coefficient (Wildman–Crippen LogP) is 3.00. The lowest BCUT2D eigenvalue weighted by Crippen LogP contribution is -2.41. The predicted molar refractivity (Wildman–Crippen MR) is 112 cm³/mol. The summed E-state index contributed by atoms with van der Waals surface area (Å²) in [6.07, 6.45) is 2.12. The average molecular weight is 417 g/mol. The Morgan fingerprint density at radius 1 is 1.28 bits per heavy atom. The van der Waals surface area contributed by atoms with Gasteiger partial charge in [-0.2, -0.15) is 0 Å². The fourth-order valence-electron chi connectivity index (χ4n) is 3.30. The van der Waals surface area contributed by atoms with Crippen LogP contribution in [-0.4, -0.2) is 38.0 Å². The number of carbonyl (C=O) groups is 2. The molecule has 0 fully saturated rings. The second-order valence-corrected chi connectivity index (χ2v) is 8.65. The van der Waals surface area contributed by atoms with Gasteiger partial charge in [0.05, 0.1) is 10.3 Å². The SMILES string of the molecule is Cc1nc2[nH]cc(C(C)c3ccc(C(=O)N[C@@H](CC(C)C)C(=O)O)s3)c2c(=O)[nH]1. The first-order valence-electron chi connectivity index (χ1n) is 9.38. The number of carboxylic acids is 1. The van der Waals surface area contributed by atoms with Crippen LogP contribution in [0.4, 0.5) is 0 Å². The summed E-state index contributed by atoms with van der Waals surface area (Å²) in [5.41, 5.74) is 1.12. The third-order valence-corrected chi connectivity index (χ3v) is 6.01. The van der Waals surface area contributed by atoms with Crippen molar-refractivity contribution in [3.05, 3.63) is 49.8 Å². The number of carboxylic acid groups (broad SMARTS) is 1. The maximum absolute atomic E-state index is 12.5. The van der Waals surface area contributed by atoms with Crippen molar-refractivity contribution < 1.29 is 14.7 Å². The Bertz CT molecular complexity index is 1110. The number of aromatic amines is 2. The Balaban J connectivity index is 1.83. The molecule has 4 N–H and O–H groups in total. The molecule has 0 saturated heterocycles. The van der Waals surface area contributed by atoms with Gasteiger partial charge in [0.1, 0.15) is 17.5 Å². The van der Waals surface area contributed by atoms with Crippen molar-refractivity contribution in [1.82, 2.24) is 20.3 Å². The van der Waals surface area contributed by atoms with Gasteiger partial charge >= 0.3 is 5.97 Å². The van der Waals surface area contributed by atoms with E-state index in [1.54, 1.807) is 19.2 Å². The van der Waals surface area contributed by atoms with Crippen LogP contribution in [0.2, 0.25) is 0 Å². The minimum atomic E-state index is -1.04. The van der Waals surface area contributed by atoms with Gasteiger partial charge in [-0.15, -0.1) is 11.3 Å². The van der Waals surface area contributed by atoms with Gasteiger partial charge in [-0.05, 0) is 37.0 Å². The largest absolute Gasteiger partial charge is 0.480 e. The highest BCUT2D eigenvalue weighted by atomic mass is 32.1. The van der Waals surface area contributed by atoms with Gasteiger partial charge in [0, 0.05) is 17.0 Å². The topological polar surface area (TPSA) is 128 Å². The van der Waals surface area contributed by atoms with Crippen molar-refractivity contribution in [3.8, 4) is 0 Å². The Hall–Kier alpha value is -2.94. The molecule has 3 heterocycles. The number of nitrogens with one attached hydrogen (secondary N) is 3. The normalized spacial score (nSPS) is 13.6. The Morgan fingerprint density at radius 2 is 2.00 bits per heavy atom. The van der Waals surface area contributed by atoms with E-state index >= 15 is 0 Å². The van der Waals surface area contributed by atoms with E-state index in [0.717, 1.165) is 10.4 Å². The molecule has 29 heavy (non-hydrogen) atoms. The smallest absolute Gasteiger partial charge is 0.326 e. The molecule has 3 aromatic rings. The van der Waals surface area contributed by atoms with E-state index in [1.165, 1.54) is 11.3 Å². The maximum Gasteiger partial charge on any atom is 0.326 e. The lowest BCUT2D eigenvalue weighted by atomic mass is 10.0. The summed E-state index contributed by atoms with van der Waals surface area (Å²) in [4.78, 5) is 47.7. The molecule has 3 rings (SSSR count). The fraction of sp³-hybridized carbons (Fsp3) is 0.400. The number of nitrogens with zero attached hydrogens (tertiary/aromatic N) is 1. The van der Waals surface area contributed by atoms with E-state index in [2.05, 4.69) is 20.3 Å². The van der Waals surface area contributed by atoms with Crippen LogP contribution in [0.15, 0.2) is 23.1 Å². The van der Waals surface area contributed by atoms with E-state index in [1.807, 2.05) is 26.8 Å². The van der Waals surface area contributed by atoms with Crippen LogP contribution >= 0.6 is 11.3 Å². The van der Waals surface area contributed by atoms with E-state index in [9.17, 15) is 19.5 Å². The summed E-state index contributed by atoms with van der Waals surface area (Å²) in [7, 11) is 0. The number of hydrogen-bond donors (Lipinski definition) is 4. The van der Waals surface area contributed by atoms with Gasteiger partial charge in [0.15, 0.2) is 0 Å². The van der Waals surface area contributed by atoms with Gasteiger partial charge in [-0.25, -0.2) is 9.78 Å². The zero-order valence-electron chi connectivity index (χ0n) is 16.7. The molecule has 0 aliphatic rings. The summed E-state index contributed by atoms with van der Waals surface area (Å²) in [6, 6.07) is 2.59. The number of hydrogen-bond acceptors (Lipinski definition) is 5. The van der Waals surface area contributed by atoms with Gasteiger partial charge in [-0.1, -0.05) is 20.8 Å². The third kappa shape index (κ3) is 4.40. The number of aromatic nitrogens is 3. The standard InChI is InChI=1S/C20H24N4O4S/c1-9(2)7-13(20(27)28)24-18(25)15-6-5-14(29-15)10(3)12-8-21-17-16(12)19(26)23-11(4)22-17/h5-6,8-10,13H,7H2,1-4H3,(H,24,25)(H,27,28)(H2,21,22,23,26)/t10?,13-/m0/s1. The van der Waals surface area contributed by atoms with Crippen molar-refractivity contribution in [2.24, 2.45) is 5.92 Å². The number of H-pyrrole nitrogens is 2. The third-order valence-electron chi connectivity index (χ3n) is 4.75. The number of amides is 1. The quantitative estimate of drug-likeness (QED) is 0.471. The Kier molecular flexibility index (Phi) is 5.88. The molecule has 0 aliphatic heterocycles. The van der Waals surface area contributed by atoms with Crippen LogP contribution in [-0.2, 0) is 4.79 Å². The molecule has 2 atom stereocenters. The summed E-state index contributed by atoms with van der Waals surface area (Å²) in [5, 5.41) is 12.4. The first kappa shape index (κ1) is 20.8. The molecular formula is C20H24N4O4S. The van der Waals surface area contributed by atoms with Crippen LogP contribution in [0.25, 0.3) is 11.0 Å². The monoisotopic (exact) mass is 416 g/mol. The summed E-state index contributed by atoms with van der Waals surface area (Å²) in [5.74, 6) is -0.902. The molecule has 0 radical (unpaired) electrons. The highest BCUT2D eigenvalue weighted by Gasteiger charge is 2.24. The van der Waals surface area contributed by atoms with Gasteiger partial charge < -0.3 is 20.4 Å². The lowest BCUT2D eigenvalue weighted by Gasteiger charge is -2.15. The van der Waals surface area contributed by atoms with Crippen molar-refractivity contribution in [2.75, 3.05) is 0 Å². The molecule has 8 nitrogen and oxygen atoms in total. The number of aliphatic carboxylic acids is 1. The molecule has 9 heteroatoms. The van der Waals surface area contributed by atoms with Crippen molar-refractivity contribution in [1.29, 1.82) is 0 Å². The van der Waals surface area contributed by atoms with E-state index < -0.39 is 17.9 Å². The summed E-state index contributed by atoms with van der Waals surface area (Å²) in [6.45, 7) is 7.49. The molecule has 1 unspecified atom stereocenters. The molecule has 3 aromatic heterocycles. The number of thiophene rings is 1. The van der Waals surface area contributed by atoms with Gasteiger partial charge in [-0.3, -0.25) is 9.59 Å². The number of carbonyl (C=O) groups excluding carboxylic acids is 1. The second-order valence-electron chi connectivity index (χ2n) is 7.54. The molecule has 154 valence electrons. The molecular weight excluding hydrogens is 392 g/mol. The molecule has 0 spiro atoms. The van der Waals surface area contributed by atoms with E-state index in [-0.39, 0.29) is 17.4 Å². The van der Waals surface area contributed by atoms with Crippen LogP contribution < -0.4 is 10.9 Å². The fourth-order valence-corrected chi connectivity index (χ4v) is 4.28. The Morgan fingerprint density at radius 3 is 2.66 bits per heavy atom. The van der Waals surface area contributed by atoms with Crippen molar-refractivity contribution in [2.45, 2.75) is 46.1 Å². The zero-order valence-corrected chi connectivity index (χ0v) is 17.5. The lowest BCUT2D eigenvalue weighted by molar-refractivity contribution is -0.139. The van der Waals surface area contributed by atoms with Crippen molar-refractivity contribution in [3.63, 3.8) is 0 Å². The van der Waals surface area contributed by atoms with Crippen molar-refractivity contribution >= 4 is 34.2 Å².